The summed E-state index contributed by atoms with van der Waals surface area (Å²) in [6.45, 7) is 12.6. The number of hydrogen-bond donors (Lipinski definition) is 0. The summed E-state index contributed by atoms with van der Waals surface area (Å²) in [7, 11) is 0. The molecule has 2 saturated heterocycles. The van der Waals surface area contributed by atoms with Gasteiger partial charge >= 0.3 is 0 Å². The quantitative estimate of drug-likeness (QED) is 0.662. The maximum atomic E-state index is 4.18. The molecule has 88 valence electrons. The minimum Gasteiger partial charge on any atom is -0.285 e. The molecule has 1 heteroatoms. The Labute approximate surface area is 103 Å². The van der Waals surface area contributed by atoms with Crippen LogP contribution < -0.4 is 0 Å². The van der Waals surface area contributed by atoms with Gasteiger partial charge in [0.1, 0.15) is 0 Å². The molecule has 2 heterocycles. The Hall–Kier alpha value is -1.34. The van der Waals surface area contributed by atoms with Crippen LogP contribution in [0.2, 0.25) is 0 Å². The van der Waals surface area contributed by atoms with Gasteiger partial charge in [0.25, 0.3) is 0 Å². The van der Waals surface area contributed by atoms with E-state index in [9.17, 15) is 0 Å². The van der Waals surface area contributed by atoms with E-state index in [4.69, 9.17) is 0 Å². The fourth-order valence-corrected chi connectivity index (χ4v) is 3.37. The van der Waals surface area contributed by atoms with Crippen molar-refractivity contribution in [1.29, 1.82) is 0 Å². The molecule has 2 fully saturated rings. The fraction of sp³-hybridized carbons (Fsp3) is 0.375. The smallest absolute Gasteiger partial charge is 0.0542 e. The van der Waals surface area contributed by atoms with E-state index in [1.54, 1.807) is 0 Å². The highest BCUT2D eigenvalue weighted by atomic mass is 15.2. The summed E-state index contributed by atoms with van der Waals surface area (Å²) >= 11 is 0. The van der Waals surface area contributed by atoms with Crippen LogP contribution >= 0.6 is 0 Å². The van der Waals surface area contributed by atoms with Gasteiger partial charge in [0.2, 0.25) is 0 Å². The van der Waals surface area contributed by atoms with E-state index in [0.29, 0.717) is 0 Å². The van der Waals surface area contributed by atoms with Gasteiger partial charge in [-0.25, -0.2) is 0 Å². The Morgan fingerprint density at radius 2 is 1.53 bits per heavy atom. The number of benzene rings is 1. The lowest BCUT2D eigenvalue weighted by Crippen LogP contribution is -2.35. The summed E-state index contributed by atoms with van der Waals surface area (Å²) in [5.74, 6) is 0. The normalized spacial score (nSPS) is 23.1. The minimum atomic E-state index is 0.169. The van der Waals surface area contributed by atoms with Crippen molar-refractivity contribution >= 4 is 0 Å². The van der Waals surface area contributed by atoms with Crippen molar-refractivity contribution in [2.24, 2.45) is 0 Å². The first kappa shape index (κ1) is 10.8. The van der Waals surface area contributed by atoms with Crippen molar-refractivity contribution < 1.29 is 0 Å². The maximum absolute atomic E-state index is 4.18. The van der Waals surface area contributed by atoms with Gasteiger partial charge in [0, 0.05) is 13.1 Å². The number of nitrogens with zero attached hydrogens (tertiary/aromatic N) is 1. The van der Waals surface area contributed by atoms with Gasteiger partial charge in [0.15, 0.2) is 0 Å². The molecule has 0 amide bonds. The van der Waals surface area contributed by atoms with E-state index >= 15 is 0 Å². The third-order valence-corrected chi connectivity index (χ3v) is 4.11. The third-order valence-electron chi connectivity index (χ3n) is 4.11. The van der Waals surface area contributed by atoms with Crippen LogP contribution in [0.4, 0.5) is 0 Å². The molecule has 0 atom stereocenters. The Morgan fingerprint density at radius 1 is 1.00 bits per heavy atom. The van der Waals surface area contributed by atoms with Gasteiger partial charge < -0.3 is 0 Å². The van der Waals surface area contributed by atoms with Crippen molar-refractivity contribution in [1.82, 2.24) is 4.90 Å². The van der Waals surface area contributed by atoms with E-state index in [0.717, 1.165) is 25.9 Å². The second kappa shape index (κ2) is 3.58. The molecule has 0 unspecified atom stereocenters. The molecule has 0 saturated carbocycles. The first-order valence-electron chi connectivity index (χ1n) is 6.26. The molecule has 2 aliphatic heterocycles. The summed E-state index contributed by atoms with van der Waals surface area (Å²) in [5, 5.41) is 0. The van der Waals surface area contributed by atoms with Crippen molar-refractivity contribution in [3.63, 3.8) is 0 Å². The van der Waals surface area contributed by atoms with Crippen molar-refractivity contribution in [3.8, 4) is 0 Å². The highest BCUT2D eigenvalue weighted by molar-refractivity contribution is 5.38. The Bertz CT molecular complexity index is 461. The molecule has 2 aliphatic rings. The zero-order chi connectivity index (χ0) is 12.0. The molecule has 1 aromatic rings. The summed E-state index contributed by atoms with van der Waals surface area (Å²) in [6, 6.07) is 8.98. The molecule has 0 aliphatic carbocycles. The molecule has 0 N–H and O–H groups in total. The molecule has 0 radical (unpaired) electrons. The van der Waals surface area contributed by atoms with Crippen LogP contribution in [0, 0.1) is 6.92 Å². The van der Waals surface area contributed by atoms with E-state index in [-0.39, 0.29) is 5.54 Å². The second-order valence-corrected chi connectivity index (χ2v) is 5.61. The number of fused-ring (bicyclic) bond motifs is 1. The largest absolute Gasteiger partial charge is 0.285 e. The molecule has 1 aromatic carbocycles. The van der Waals surface area contributed by atoms with E-state index in [1.165, 1.54) is 22.3 Å². The number of hydrogen-bond acceptors (Lipinski definition) is 1. The highest BCUT2D eigenvalue weighted by Gasteiger charge is 2.48. The molecule has 0 bridgehead atoms. The minimum absolute atomic E-state index is 0.169. The standard InChI is InChI=1S/C16H19N/c1-12-4-6-15(7-5-12)16-8-13(2)10-17(16)11-14(3)9-16/h4-7H,2-3,8-11H2,1H3. The molecule has 3 rings (SSSR count). The molecule has 1 nitrogen and oxygen atoms in total. The van der Waals surface area contributed by atoms with Crippen LogP contribution in [0.3, 0.4) is 0 Å². The van der Waals surface area contributed by atoms with Gasteiger partial charge in [-0.1, -0.05) is 54.1 Å². The zero-order valence-electron chi connectivity index (χ0n) is 10.5. The van der Waals surface area contributed by atoms with E-state index in [1.807, 2.05) is 0 Å². The van der Waals surface area contributed by atoms with Gasteiger partial charge in [0.05, 0.1) is 5.54 Å². The Kier molecular flexibility index (Phi) is 2.27. The second-order valence-electron chi connectivity index (χ2n) is 5.61. The zero-order valence-corrected chi connectivity index (χ0v) is 10.5. The highest BCUT2D eigenvalue weighted by Crippen LogP contribution is 2.49. The number of rotatable bonds is 1. The fourth-order valence-electron chi connectivity index (χ4n) is 3.37. The summed E-state index contributed by atoms with van der Waals surface area (Å²) in [6.07, 6.45) is 2.18. The monoisotopic (exact) mass is 225 g/mol. The topological polar surface area (TPSA) is 3.24 Å². The summed E-state index contributed by atoms with van der Waals surface area (Å²) in [4.78, 5) is 2.54. The van der Waals surface area contributed by atoms with Gasteiger partial charge in [-0.15, -0.1) is 0 Å². The van der Waals surface area contributed by atoms with E-state index < -0.39 is 0 Å². The van der Waals surface area contributed by atoms with Crippen molar-refractivity contribution in [2.45, 2.75) is 25.3 Å². The average molecular weight is 225 g/mol. The van der Waals surface area contributed by atoms with Crippen LogP contribution in [0.5, 0.6) is 0 Å². The lowest BCUT2D eigenvalue weighted by Gasteiger charge is -2.31. The molecule has 0 spiro atoms. The first-order chi connectivity index (χ1) is 8.10. The van der Waals surface area contributed by atoms with Crippen LogP contribution in [0.15, 0.2) is 48.6 Å². The summed E-state index contributed by atoms with van der Waals surface area (Å²) in [5.41, 5.74) is 5.64. The van der Waals surface area contributed by atoms with Crippen LogP contribution in [-0.2, 0) is 5.54 Å². The number of aryl methyl sites for hydroxylation is 1. The molecule has 0 aromatic heterocycles. The van der Waals surface area contributed by atoms with Crippen LogP contribution in [0.1, 0.15) is 24.0 Å². The predicted octanol–water partition coefficient (Wildman–Crippen LogP) is 3.41. The summed E-state index contributed by atoms with van der Waals surface area (Å²) < 4.78 is 0. The first-order valence-corrected chi connectivity index (χ1v) is 6.26. The molecule has 17 heavy (non-hydrogen) atoms. The molecular weight excluding hydrogens is 206 g/mol. The van der Waals surface area contributed by atoms with Gasteiger partial charge in [-0.2, -0.15) is 0 Å². The predicted molar refractivity (Wildman–Crippen MR) is 71.9 cm³/mol. The van der Waals surface area contributed by atoms with Crippen molar-refractivity contribution in [3.05, 3.63) is 59.7 Å². The lowest BCUT2D eigenvalue weighted by atomic mass is 9.84. The SMILES string of the molecule is C=C1CN2CC(=C)CC2(c2ccc(C)cc2)C1. The Balaban J connectivity index is 2.06. The maximum Gasteiger partial charge on any atom is 0.0542 e. The van der Waals surface area contributed by atoms with E-state index in [2.05, 4.69) is 49.2 Å². The van der Waals surface area contributed by atoms with Gasteiger partial charge in [-0.05, 0) is 25.3 Å². The average Bonchev–Trinajstić information content (AvgIpc) is 2.70. The van der Waals surface area contributed by atoms with Crippen molar-refractivity contribution in [2.75, 3.05) is 13.1 Å². The van der Waals surface area contributed by atoms with Crippen LogP contribution in [-0.4, -0.2) is 18.0 Å². The lowest BCUT2D eigenvalue weighted by molar-refractivity contribution is 0.197. The molecular formula is C16H19N. The third kappa shape index (κ3) is 1.57. The Morgan fingerprint density at radius 3 is 2.06 bits per heavy atom. The van der Waals surface area contributed by atoms with Crippen LogP contribution in [0.25, 0.3) is 0 Å². The van der Waals surface area contributed by atoms with Gasteiger partial charge in [-0.3, -0.25) is 4.90 Å².